The molecule has 41 heavy (non-hydrogen) atoms. The van der Waals surface area contributed by atoms with Crippen LogP contribution in [0.2, 0.25) is 0 Å². The van der Waals surface area contributed by atoms with Crippen molar-refractivity contribution in [3.63, 3.8) is 0 Å². The lowest BCUT2D eigenvalue weighted by Gasteiger charge is -2.25. The summed E-state index contributed by atoms with van der Waals surface area (Å²) in [4.78, 5) is 15.2. The maximum Gasteiger partial charge on any atom is 0.190 e. The van der Waals surface area contributed by atoms with E-state index in [1.165, 1.54) is 12.4 Å². The predicted molar refractivity (Wildman–Crippen MR) is 174 cm³/mol. The number of rotatable bonds is 18. The maximum absolute atomic E-state index is 7.48. The summed E-state index contributed by atoms with van der Waals surface area (Å²) in [6, 6.07) is 1.17. The minimum absolute atomic E-state index is 0.583. The fraction of sp³-hybridized carbons (Fsp3) is 0.812. The molecule has 0 amide bonds. The van der Waals surface area contributed by atoms with Gasteiger partial charge in [0, 0.05) is 52.4 Å². The van der Waals surface area contributed by atoms with Crippen LogP contribution in [0.3, 0.4) is 0 Å². The lowest BCUT2D eigenvalue weighted by Crippen LogP contribution is -2.34. The van der Waals surface area contributed by atoms with Crippen LogP contribution in [0, 0.1) is 22.9 Å². The van der Waals surface area contributed by atoms with Crippen LogP contribution in [0.15, 0.2) is 22.8 Å². The summed E-state index contributed by atoms with van der Waals surface area (Å²) >= 11 is 0. The van der Waals surface area contributed by atoms with E-state index in [4.69, 9.17) is 10.5 Å². The third-order valence-electron chi connectivity index (χ3n) is 8.28. The molecule has 0 aromatic carbocycles. The van der Waals surface area contributed by atoms with Gasteiger partial charge in [-0.15, -0.1) is 0 Å². The summed E-state index contributed by atoms with van der Waals surface area (Å²) in [5.41, 5.74) is 6.31. The van der Waals surface area contributed by atoms with Crippen molar-refractivity contribution >= 4 is 0 Å². The highest BCUT2D eigenvalue weighted by Crippen LogP contribution is 2.42. The van der Waals surface area contributed by atoms with E-state index in [0.29, 0.717) is 12.1 Å². The number of nitrogens with one attached hydrogen (secondary N) is 1. The van der Waals surface area contributed by atoms with E-state index in [-0.39, 0.29) is 0 Å². The highest BCUT2D eigenvalue weighted by molar-refractivity contribution is 5.45. The van der Waals surface area contributed by atoms with Crippen molar-refractivity contribution in [3.8, 4) is 12.4 Å². The summed E-state index contributed by atoms with van der Waals surface area (Å²) in [5, 5.41) is 16.7. The smallest absolute Gasteiger partial charge is 0.190 e. The van der Waals surface area contributed by atoms with Gasteiger partial charge in [0.25, 0.3) is 0 Å². The van der Waals surface area contributed by atoms with Crippen molar-refractivity contribution in [2.24, 2.45) is 0 Å². The van der Waals surface area contributed by atoms with Gasteiger partial charge >= 0.3 is 0 Å². The molecule has 0 saturated heterocycles. The standard InChI is InChI=1S/2C15H31N3.C2HN3/c2*1-7-16(8-2)13-14(17(9-3)10-4)15(13)18(11-5)12-6;3-1-5-2-4/h2*13H,7-12H2,1-6H3;5H. The van der Waals surface area contributed by atoms with Crippen LogP contribution in [0.1, 0.15) is 83.1 Å². The van der Waals surface area contributed by atoms with Crippen LogP contribution < -0.4 is 5.32 Å². The molecule has 0 aromatic rings. The Morgan fingerprint density at radius 1 is 0.415 bits per heavy atom. The summed E-state index contributed by atoms with van der Waals surface area (Å²) < 4.78 is 0. The van der Waals surface area contributed by atoms with Gasteiger partial charge in [0.2, 0.25) is 0 Å². The van der Waals surface area contributed by atoms with Crippen molar-refractivity contribution < 1.29 is 0 Å². The Morgan fingerprint density at radius 3 is 0.707 bits per heavy atom. The van der Waals surface area contributed by atoms with Gasteiger partial charge in [-0.3, -0.25) is 9.80 Å². The summed E-state index contributed by atoms with van der Waals surface area (Å²) in [5.74, 6) is 0. The van der Waals surface area contributed by atoms with E-state index in [0.717, 1.165) is 78.5 Å². The molecule has 2 aliphatic carbocycles. The maximum atomic E-state index is 7.48. The largest absolute Gasteiger partial charge is 0.372 e. The van der Waals surface area contributed by atoms with Gasteiger partial charge in [0.1, 0.15) is 0 Å². The number of nitriles is 2. The molecule has 0 fully saturated rings. The first-order valence-electron chi connectivity index (χ1n) is 16.3. The predicted octanol–water partition coefficient (Wildman–Crippen LogP) is 4.75. The van der Waals surface area contributed by atoms with Crippen LogP contribution in [-0.4, -0.2) is 120 Å². The van der Waals surface area contributed by atoms with Crippen LogP contribution >= 0.6 is 0 Å². The van der Waals surface area contributed by atoms with Crippen molar-refractivity contribution in [3.05, 3.63) is 22.8 Å². The third kappa shape index (κ3) is 10.3. The van der Waals surface area contributed by atoms with Crippen LogP contribution in [0.25, 0.3) is 0 Å². The topological polar surface area (TPSA) is 79.1 Å². The van der Waals surface area contributed by atoms with E-state index in [9.17, 15) is 0 Å². The first-order valence-corrected chi connectivity index (χ1v) is 16.3. The molecule has 0 aliphatic heterocycles. The number of likely N-dealkylation sites (N-methyl/N-ethyl adjacent to an activating group) is 6. The Bertz CT molecular complexity index is 731. The van der Waals surface area contributed by atoms with Crippen LogP contribution in [0.4, 0.5) is 0 Å². The van der Waals surface area contributed by atoms with Gasteiger partial charge in [-0.25, -0.2) is 5.32 Å². The molecule has 0 atom stereocenters. The van der Waals surface area contributed by atoms with E-state index in [2.05, 4.69) is 112 Å². The number of hydrogen-bond acceptors (Lipinski definition) is 9. The first-order chi connectivity index (χ1) is 19.8. The molecule has 0 spiro atoms. The van der Waals surface area contributed by atoms with Gasteiger partial charge in [-0.2, -0.15) is 10.5 Å². The molecule has 0 radical (unpaired) electrons. The van der Waals surface area contributed by atoms with Crippen molar-refractivity contribution in [1.29, 1.82) is 10.5 Å². The van der Waals surface area contributed by atoms with Crippen molar-refractivity contribution in [1.82, 2.24) is 34.7 Å². The Kier molecular flexibility index (Phi) is 19.8. The number of hydrogen-bond donors (Lipinski definition) is 1. The molecule has 2 aliphatic rings. The van der Waals surface area contributed by atoms with E-state index < -0.39 is 0 Å². The van der Waals surface area contributed by atoms with Crippen molar-refractivity contribution in [2.75, 3.05) is 78.5 Å². The number of nitrogens with zero attached hydrogens (tertiary/aromatic N) is 8. The van der Waals surface area contributed by atoms with Gasteiger partial charge in [-0.1, -0.05) is 27.7 Å². The lowest BCUT2D eigenvalue weighted by atomic mass is 10.3. The molecule has 2 rings (SSSR count). The normalized spacial score (nSPS) is 14.0. The molecule has 0 saturated carbocycles. The minimum atomic E-state index is 0.583. The molecule has 0 unspecified atom stereocenters. The fourth-order valence-electron chi connectivity index (χ4n) is 5.87. The van der Waals surface area contributed by atoms with Gasteiger partial charge in [-0.05, 0) is 81.6 Å². The molecular formula is C32H63N9. The Labute approximate surface area is 254 Å². The Balaban J connectivity index is 0.000000671. The summed E-state index contributed by atoms with van der Waals surface area (Å²) in [7, 11) is 0. The second-order valence-corrected chi connectivity index (χ2v) is 9.83. The molecular weight excluding hydrogens is 510 g/mol. The quantitative estimate of drug-likeness (QED) is 0.185. The average molecular weight is 574 g/mol. The van der Waals surface area contributed by atoms with Crippen LogP contribution in [0.5, 0.6) is 0 Å². The first kappa shape index (κ1) is 38.4. The molecule has 0 bridgehead atoms. The zero-order valence-corrected chi connectivity index (χ0v) is 28.7. The highest BCUT2D eigenvalue weighted by atomic mass is 15.4. The molecule has 9 nitrogen and oxygen atoms in total. The molecule has 9 heteroatoms. The lowest BCUT2D eigenvalue weighted by molar-refractivity contribution is 0.253. The molecule has 0 heterocycles. The Hall–Kier alpha value is -2.62. The second kappa shape index (κ2) is 21.1. The Morgan fingerprint density at radius 2 is 0.610 bits per heavy atom. The van der Waals surface area contributed by atoms with E-state index in [1.807, 2.05) is 0 Å². The van der Waals surface area contributed by atoms with Gasteiger partial charge < -0.3 is 19.6 Å². The highest BCUT2D eigenvalue weighted by Gasteiger charge is 2.46. The van der Waals surface area contributed by atoms with E-state index >= 15 is 0 Å². The third-order valence-corrected chi connectivity index (χ3v) is 8.28. The molecule has 0 aromatic heterocycles. The second-order valence-electron chi connectivity index (χ2n) is 9.83. The summed E-state index contributed by atoms with van der Waals surface area (Å²) in [6.07, 6.45) is 2.81. The van der Waals surface area contributed by atoms with Crippen molar-refractivity contribution in [2.45, 2.75) is 95.2 Å². The van der Waals surface area contributed by atoms with Crippen LogP contribution in [-0.2, 0) is 0 Å². The van der Waals surface area contributed by atoms with E-state index in [1.54, 1.807) is 28.1 Å². The molecule has 1 N–H and O–H groups in total. The fourth-order valence-corrected chi connectivity index (χ4v) is 5.87. The van der Waals surface area contributed by atoms with Gasteiger partial charge in [0.05, 0.1) is 34.9 Å². The zero-order valence-electron chi connectivity index (χ0n) is 28.7. The summed E-state index contributed by atoms with van der Waals surface area (Å²) in [6.45, 7) is 40.6. The SMILES string of the molecule is CCN(CC)C1=C(N(CC)CC)C1N(CC)CC.CCN(CC)C1=C(N(CC)CC)C1N(CC)CC.N#CNC#N. The monoisotopic (exact) mass is 574 g/mol. The minimum Gasteiger partial charge on any atom is -0.372 e. The van der Waals surface area contributed by atoms with Gasteiger partial charge in [0.15, 0.2) is 12.4 Å². The molecule has 236 valence electrons. The zero-order chi connectivity index (χ0) is 31.5. The average Bonchev–Trinajstić information content (AvgIpc) is 3.90.